The molecule has 4 nitrogen and oxygen atoms in total. The van der Waals surface area contributed by atoms with Crippen LogP contribution >= 0.6 is 0 Å². The maximum absolute atomic E-state index is 11.7. The van der Waals surface area contributed by atoms with E-state index in [0.29, 0.717) is 19.4 Å². The Bertz CT molecular complexity index is 425. The lowest BCUT2D eigenvalue weighted by atomic mass is 9.78. The van der Waals surface area contributed by atoms with Gasteiger partial charge in [-0.05, 0) is 18.4 Å². The molecule has 1 aliphatic carbocycles. The highest BCUT2D eigenvalue weighted by Crippen LogP contribution is 2.38. The van der Waals surface area contributed by atoms with Crippen molar-refractivity contribution >= 4 is 5.97 Å². The predicted molar refractivity (Wildman–Crippen MR) is 77.0 cm³/mol. The zero-order valence-corrected chi connectivity index (χ0v) is 11.8. The average Bonchev–Trinajstić information content (AvgIpc) is 2.72. The number of rotatable bonds is 5. The zero-order chi connectivity index (χ0) is 14.4. The third-order valence-corrected chi connectivity index (χ3v) is 4.24. The molecule has 1 saturated carbocycles. The Morgan fingerprint density at radius 1 is 1.20 bits per heavy atom. The molecule has 2 rings (SSSR count). The van der Waals surface area contributed by atoms with Crippen LogP contribution in [-0.4, -0.2) is 17.3 Å². The van der Waals surface area contributed by atoms with Crippen LogP contribution in [0.1, 0.15) is 44.1 Å². The molecule has 3 N–H and O–H groups in total. The molecule has 110 valence electrons. The number of nitrogens with two attached hydrogens (primary N) is 1. The number of hydrogen-bond donors (Lipinski definition) is 2. The minimum atomic E-state index is -0.925. The summed E-state index contributed by atoms with van der Waals surface area (Å²) in [4.78, 5) is 11.7. The number of benzene rings is 1. The summed E-state index contributed by atoms with van der Waals surface area (Å²) >= 11 is 0. The van der Waals surface area contributed by atoms with E-state index < -0.39 is 17.6 Å². The highest BCUT2D eigenvalue weighted by atomic mass is 16.5. The summed E-state index contributed by atoms with van der Waals surface area (Å²) in [7, 11) is 0. The van der Waals surface area contributed by atoms with Crippen LogP contribution in [0.25, 0.3) is 0 Å². The maximum atomic E-state index is 11.7. The van der Waals surface area contributed by atoms with Crippen LogP contribution in [0, 0.1) is 5.41 Å². The second kappa shape index (κ2) is 6.86. The molecule has 0 aromatic heterocycles. The van der Waals surface area contributed by atoms with Crippen LogP contribution in [0.3, 0.4) is 0 Å². The Balaban J connectivity index is 2.03. The summed E-state index contributed by atoms with van der Waals surface area (Å²) in [5.74, 6) is -0.819. The van der Waals surface area contributed by atoms with Crippen molar-refractivity contribution in [3.8, 4) is 0 Å². The van der Waals surface area contributed by atoms with Gasteiger partial charge in [0.1, 0.15) is 11.6 Å². The first kappa shape index (κ1) is 15.0. The van der Waals surface area contributed by atoms with E-state index in [-0.39, 0.29) is 0 Å². The first-order valence-corrected chi connectivity index (χ1v) is 7.30. The third kappa shape index (κ3) is 3.38. The Kier molecular flexibility index (Phi) is 5.15. The highest BCUT2D eigenvalue weighted by Gasteiger charge is 2.45. The van der Waals surface area contributed by atoms with Gasteiger partial charge in [0.25, 0.3) is 0 Å². The van der Waals surface area contributed by atoms with Gasteiger partial charge in [-0.2, -0.15) is 0 Å². The van der Waals surface area contributed by atoms with Crippen molar-refractivity contribution in [1.29, 1.82) is 0 Å². The molecule has 0 aliphatic heterocycles. The smallest absolute Gasteiger partial charge is 0.313 e. The van der Waals surface area contributed by atoms with E-state index >= 15 is 0 Å². The topological polar surface area (TPSA) is 72.5 Å². The van der Waals surface area contributed by atoms with Gasteiger partial charge in [-0.3, -0.25) is 4.79 Å². The van der Waals surface area contributed by atoms with Gasteiger partial charge >= 0.3 is 5.97 Å². The normalized spacial score (nSPS) is 20.1. The molecule has 1 aliphatic rings. The summed E-state index contributed by atoms with van der Waals surface area (Å²) in [5, 5.41) is 9.62. The number of hydrogen-bond acceptors (Lipinski definition) is 3. The summed E-state index contributed by atoms with van der Waals surface area (Å²) in [6.07, 6.45) is 4.46. The molecule has 20 heavy (non-hydrogen) atoms. The quantitative estimate of drug-likeness (QED) is 0.641. The molecule has 1 atom stereocenters. The fourth-order valence-electron chi connectivity index (χ4n) is 2.90. The molecule has 4 heteroatoms. The van der Waals surface area contributed by atoms with Gasteiger partial charge in [-0.1, -0.05) is 56.0 Å². The number of carboxylic acids is 1. The standard InChI is InChI=1S/C16H23NO3/c17-14(20-12-13-8-4-3-5-9-13)16(15(18)19)10-6-1-2-7-11-16/h3-5,8-9,14H,1-2,6-7,10-12,17H2,(H,18,19). The fourth-order valence-corrected chi connectivity index (χ4v) is 2.90. The second-order valence-corrected chi connectivity index (χ2v) is 5.59. The van der Waals surface area contributed by atoms with E-state index in [9.17, 15) is 9.90 Å². The van der Waals surface area contributed by atoms with E-state index in [0.717, 1.165) is 31.2 Å². The van der Waals surface area contributed by atoms with Gasteiger partial charge in [0.15, 0.2) is 0 Å². The number of aliphatic carboxylic acids is 1. The molecule has 0 saturated heterocycles. The highest BCUT2D eigenvalue weighted by molar-refractivity contribution is 5.75. The Morgan fingerprint density at radius 2 is 1.80 bits per heavy atom. The van der Waals surface area contributed by atoms with E-state index in [2.05, 4.69) is 0 Å². The molecule has 0 radical (unpaired) electrons. The molecular formula is C16H23NO3. The van der Waals surface area contributed by atoms with Crippen LogP contribution in [0.2, 0.25) is 0 Å². The van der Waals surface area contributed by atoms with E-state index in [4.69, 9.17) is 10.5 Å². The van der Waals surface area contributed by atoms with Crippen molar-refractivity contribution in [3.63, 3.8) is 0 Å². The Hall–Kier alpha value is -1.39. The van der Waals surface area contributed by atoms with Gasteiger partial charge < -0.3 is 15.6 Å². The summed E-state index contributed by atoms with van der Waals surface area (Å²) in [6.45, 7) is 0.358. The average molecular weight is 277 g/mol. The molecule has 0 spiro atoms. The predicted octanol–water partition coefficient (Wildman–Crippen LogP) is 2.91. The first-order chi connectivity index (χ1) is 9.65. The zero-order valence-electron chi connectivity index (χ0n) is 11.8. The van der Waals surface area contributed by atoms with Crippen LogP contribution < -0.4 is 5.73 Å². The van der Waals surface area contributed by atoms with E-state index in [1.807, 2.05) is 30.3 Å². The monoisotopic (exact) mass is 277 g/mol. The molecule has 1 aromatic rings. The largest absolute Gasteiger partial charge is 0.481 e. The molecule has 1 fully saturated rings. The Morgan fingerprint density at radius 3 is 2.35 bits per heavy atom. The van der Waals surface area contributed by atoms with Crippen LogP contribution in [0.4, 0.5) is 0 Å². The number of carboxylic acid groups (broad SMARTS) is 1. The van der Waals surface area contributed by atoms with E-state index in [1.165, 1.54) is 0 Å². The van der Waals surface area contributed by atoms with Gasteiger partial charge in [-0.15, -0.1) is 0 Å². The molecule has 1 unspecified atom stereocenters. The number of carbonyl (C=O) groups is 1. The van der Waals surface area contributed by atoms with Crippen molar-refractivity contribution in [2.75, 3.05) is 0 Å². The van der Waals surface area contributed by atoms with Gasteiger partial charge in [-0.25, -0.2) is 0 Å². The van der Waals surface area contributed by atoms with Crippen molar-refractivity contribution in [2.24, 2.45) is 11.1 Å². The molecular weight excluding hydrogens is 254 g/mol. The van der Waals surface area contributed by atoms with E-state index in [1.54, 1.807) is 0 Å². The lowest BCUT2D eigenvalue weighted by Gasteiger charge is -2.33. The molecule has 0 amide bonds. The Labute approximate surface area is 119 Å². The SMILES string of the molecule is NC(OCc1ccccc1)C1(C(=O)O)CCCCCC1. The molecule has 0 bridgehead atoms. The second-order valence-electron chi connectivity index (χ2n) is 5.59. The fraction of sp³-hybridized carbons (Fsp3) is 0.562. The van der Waals surface area contributed by atoms with Crippen molar-refractivity contribution < 1.29 is 14.6 Å². The van der Waals surface area contributed by atoms with Crippen molar-refractivity contribution in [1.82, 2.24) is 0 Å². The summed E-state index contributed by atoms with van der Waals surface area (Å²) < 4.78 is 5.68. The first-order valence-electron chi connectivity index (χ1n) is 7.30. The minimum Gasteiger partial charge on any atom is -0.481 e. The third-order valence-electron chi connectivity index (χ3n) is 4.24. The maximum Gasteiger partial charge on any atom is 0.313 e. The van der Waals surface area contributed by atoms with Crippen LogP contribution in [-0.2, 0) is 16.1 Å². The minimum absolute atomic E-state index is 0.358. The lowest BCUT2D eigenvalue weighted by molar-refractivity contribution is -0.162. The number of ether oxygens (including phenoxy) is 1. The molecule has 1 aromatic carbocycles. The molecule has 0 heterocycles. The summed E-state index contributed by atoms with van der Waals surface area (Å²) in [5.41, 5.74) is 6.18. The van der Waals surface area contributed by atoms with Gasteiger partial charge in [0.05, 0.1) is 6.61 Å². The van der Waals surface area contributed by atoms with Crippen LogP contribution in [0.15, 0.2) is 30.3 Å². The van der Waals surface area contributed by atoms with Crippen LogP contribution in [0.5, 0.6) is 0 Å². The van der Waals surface area contributed by atoms with Gasteiger partial charge in [0.2, 0.25) is 0 Å². The van der Waals surface area contributed by atoms with Crippen molar-refractivity contribution in [2.45, 2.75) is 51.4 Å². The lowest BCUT2D eigenvalue weighted by Crippen LogP contribution is -2.49. The summed E-state index contributed by atoms with van der Waals surface area (Å²) in [6, 6.07) is 9.71. The van der Waals surface area contributed by atoms with Crippen molar-refractivity contribution in [3.05, 3.63) is 35.9 Å². The van der Waals surface area contributed by atoms with Gasteiger partial charge in [0, 0.05) is 0 Å².